The largest absolute Gasteiger partial charge is 0.444 e. The number of hydrogen-bond acceptors (Lipinski definition) is 5. The van der Waals surface area contributed by atoms with E-state index in [4.69, 9.17) is 9.72 Å². The number of carbonyl (C=O) groups is 1. The fourth-order valence-corrected chi connectivity index (χ4v) is 3.63. The maximum atomic E-state index is 12.4. The van der Waals surface area contributed by atoms with Crippen molar-refractivity contribution in [3.8, 4) is 0 Å². The van der Waals surface area contributed by atoms with Gasteiger partial charge >= 0.3 is 6.09 Å². The molecule has 2 aliphatic heterocycles. The lowest BCUT2D eigenvalue weighted by Gasteiger charge is -2.53. The maximum Gasteiger partial charge on any atom is 0.410 e. The zero-order valence-corrected chi connectivity index (χ0v) is 15.0. The topological polar surface area (TPSA) is 58.6 Å². The number of aromatic nitrogens is 2. The van der Waals surface area contributed by atoms with Crippen LogP contribution in [0.5, 0.6) is 0 Å². The van der Waals surface area contributed by atoms with E-state index in [0.717, 1.165) is 42.9 Å². The molecule has 6 nitrogen and oxygen atoms in total. The van der Waals surface area contributed by atoms with E-state index in [2.05, 4.69) is 9.88 Å². The number of fused-ring (bicyclic) bond motifs is 2. The second kappa shape index (κ2) is 5.86. The van der Waals surface area contributed by atoms with Gasteiger partial charge in [-0.25, -0.2) is 9.78 Å². The van der Waals surface area contributed by atoms with E-state index in [1.54, 1.807) is 0 Å². The number of hydrogen-bond donors (Lipinski definition) is 0. The second-order valence-corrected chi connectivity index (χ2v) is 7.91. The van der Waals surface area contributed by atoms with Crippen molar-refractivity contribution in [1.82, 2.24) is 14.9 Å². The van der Waals surface area contributed by atoms with Crippen LogP contribution in [0.3, 0.4) is 0 Å². The zero-order chi connectivity index (χ0) is 17.6. The average Bonchev–Trinajstić information content (AvgIpc) is 2.54. The quantitative estimate of drug-likeness (QED) is 0.798. The van der Waals surface area contributed by atoms with Gasteiger partial charge in [0.05, 0.1) is 23.3 Å². The molecule has 1 aromatic heterocycles. The molecule has 6 heteroatoms. The summed E-state index contributed by atoms with van der Waals surface area (Å²) in [7, 11) is 0. The molecule has 0 saturated carbocycles. The SMILES string of the molecule is CC(C)(C)OC(=O)N1CC2CCN(c3cnc4ccccc4n3)CC21. The van der Waals surface area contributed by atoms with Gasteiger partial charge in [-0.3, -0.25) is 4.98 Å². The normalized spacial score (nSPS) is 23.2. The van der Waals surface area contributed by atoms with Gasteiger partial charge in [0, 0.05) is 25.6 Å². The summed E-state index contributed by atoms with van der Waals surface area (Å²) in [5.74, 6) is 1.45. The minimum Gasteiger partial charge on any atom is -0.444 e. The molecule has 0 aliphatic carbocycles. The van der Waals surface area contributed by atoms with Crippen LogP contribution in [0.15, 0.2) is 30.5 Å². The number of likely N-dealkylation sites (tertiary alicyclic amines) is 1. The van der Waals surface area contributed by atoms with Crippen molar-refractivity contribution in [3.63, 3.8) is 0 Å². The van der Waals surface area contributed by atoms with Crippen molar-refractivity contribution < 1.29 is 9.53 Å². The monoisotopic (exact) mass is 340 g/mol. The van der Waals surface area contributed by atoms with E-state index < -0.39 is 5.60 Å². The van der Waals surface area contributed by atoms with Crippen LogP contribution in [-0.4, -0.2) is 52.2 Å². The molecule has 0 bridgehead atoms. The van der Waals surface area contributed by atoms with Gasteiger partial charge in [-0.05, 0) is 39.3 Å². The molecule has 0 N–H and O–H groups in total. The van der Waals surface area contributed by atoms with Crippen LogP contribution in [0.25, 0.3) is 11.0 Å². The summed E-state index contributed by atoms with van der Waals surface area (Å²) in [6, 6.07) is 8.10. The van der Waals surface area contributed by atoms with Gasteiger partial charge in [0.2, 0.25) is 0 Å². The third-order valence-corrected chi connectivity index (χ3v) is 4.94. The number of ether oxygens (including phenoxy) is 1. The number of carbonyl (C=O) groups excluding carboxylic acids is 1. The van der Waals surface area contributed by atoms with Crippen LogP contribution in [0, 0.1) is 5.92 Å². The molecule has 4 rings (SSSR count). The fraction of sp³-hybridized carbons (Fsp3) is 0.526. The molecule has 1 amide bonds. The molecule has 2 aliphatic rings. The van der Waals surface area contributed by atoms with E-state index in [-0.39, 0.29) is 12.1 Å². The van der Waals surface area contributed by atoms with Gasteiger partial charge in [0.15, 0.2) is 0 Å². The van der Waals surface area contributed by atoms with E-state index in [0.29, 0.717) is 5.92 Å². The summed E-state index contributed by atoms with van der Waals surface area (Å²) < 4.78 is 5.53. The molecule has 0 radical (unpaired) electrons. The molecule has 2 aromatic rings. The first-order chi connectivity index (χ1) is 11.9. The van der Waals surface area contributed by atoms with Crippen molar-refractivity contribution in [3.05, 3.63) is 30.5 Å². The standard InChI is InChI=1S/C19H24N4O2/c1-19(2,3)25-18(24)23-11-13-8-9-22(12-16(13)23)17-10-20-14-6-4-5-7-15(14)21-17/h4-7,10,13,16H,8-9,11-12H2,1-3H3. The highest BCUT2D eigenvalue weighted by Crippen LogP contribution is 2.35. The lowest BCUT2D eigenvalue weighted by atomic mass is 9.82. The van der Waals surface area contributed by atoms with Crippen LogP contribution in [0.1, 0.15) is 27.2 Å². The number of rotatable bonds is 1. The van der Waals surface area contributed by atoms with Gasteiger partial charge in [-0.1, -0.05) is 12.1 Å². The molecule has 3 heterocycles. The number of amides is 1. The first-order valence-corrected chi connectivity index (χ1v) is 8.87. The van der Waals surface area contributed by atoms with Crippen molar-refractivity contribution in [2.24, 2.45) is 5.92 Å². The zero-order valence-electron chi connectivity index (χ0n) is 15.0. The van der Waals surface area contributed by atoms with Crippen LogP contribution < -0.4 is 4.90 Å². The first-order valence-electron chi connectivity index (χ1n) is 8.87. The van der Waals surface area contributed by atoms with Gasteiger partial charge in [0.25, 0.3) is 0 Å². The smallest absolute Gasteiger partial charge is 0.410 e. The predicted molar refractivity (Wildman–Crippen MR) is 96.6 cm³/mol. The molecule has 2 atom stereocenters. The molecule has 25 heavy (non-hydrogen) atoms. The number of anilines is 1. The molecular weight excluding hydrogens is 316 g/mol. The maximum absolute atomic E-state index is 12.4. The summed E-state index contributed by atoms with van der Waals surface area (Å²) >= 11 is 0. The van der Waals surface area contributed by atoms with Crippen LogP contribution in [-0.2, 0) is 4.74 Å². The second-order valence-electron chi connectivity index (χ2n) is 7.91. The Balaban J connectivity index is 1.49. The Kier molecular flexibility index (Phi) is 3.78. The Morgan fingerprint density at radius 1 is 1.20 bits per heavy atom. The van der Waals surface area contributed by atoms with Crippen molar-refractivity contribution in [1.29, 1.82) is 0 Å². The molecular formula is C19H24N4O2. The summed E-state index contributed by atoms with van der Waals surface area (Å²) in [6.07, 6.45) is 2.69. The van der Waals surface area contributed by atoms with Crippen LogP contribution in [0.2, 0.25) is 0 Å². The minimum atomic E-state index is -0.458. The van der Waals surface area contributed by atoms with E-state index in [9.17, 15) is 4.79 Å². The summed E-state index contributed by atoms with van der Waals surface area (Å²) in [6.45, 7) is 8.25. The molecule has 0 spiro atoms. The van der Waals surface area contributed by atoms with Crippen LogP contribution in [0.4, 0.5) is 10.6 Å². The van der Waals surface area contributed by atoms with Gasteiger partial charge in [-0.15, -0.1) is 0 Å². The predicted octanol–water partition coefficient (Wildman–Crippen LogP) is 3.08. The Morgan fingerprint density at radius 2 is 1.96 bits per heavy atom. The first kappa shape index (κ1) is 16.1. The Bertz CT molecular complexity index is 801. The molecule has 1 aromatic carbocycles. The molecule has 2 unspecified atom stereocenters. The number of nitrogens with zero attached hydrogens (tertiary/aromatic N) is 4. The Morgan fingerprint density at radius 3 is 2.72 bits per heavy atom. The summed E-state index contributed by atoms with van der Waals surface area (Å²) in [5.41, 5.74) is 1.35. The Labute approximate surface area is 147 Å². The summed E-state index contributed by atoms with van der Waals surface area (Å²) in [4.78, 5) is 25.7. The number of para-hydroxylation sites is 2. The van der Waals surface area contributed by atoms with Gasteiger partial charge in [-0.2, -0.15) is 0 Å². The van der Waals surface area contributed by atoms with Gasteiger partial charge < -0.3 is 14.5 Å². The van der Waals surface area contributed by atoms with Crippen molar-refractivity contribution in [2.75, 3.05) is 24.5 Å². The van der Waals surface area contributed by atoms with E-state index in [1.165, 1.54) is 0 Å². The van der Waals surface area contributed by atoms with Gasteiger partial charge in [0.1, 0.15) is 11.4 Å². The van der Waals surface area contributed by atoms with Crippen molar-refractivity contribution >= 4 is 22.9 Å². The highest BCUT2D eigenvalue weighted by Gasteiger charge is 2.46. The highest BCUT2D eigenvalue weighted by molar-refractivity contribution is 5.75. The number of piperidine rings is 1. The van der Waals surface area contributed by atoms with Crippen molar-refractivity contribution in [2.45, 2.75) is 38.8 Å². The minimum absolute atomic E-state index is 0.205. The lowest BCUT2D eigenvalue weighted by Crippen LogP contribution is -2.66. The summed E-state index contributed by atoms with van der Waals surface area (Å²) in [5, 5.41) is 0. The Hall–Kier alpha value is -2.37. The highest BCUT2D eigenvalue weighted by atomic mass is 16.6. The third-order valence-electron chi connectivity index (χ3n) is 4.94. The lowest BCUT2D eigenvalue weighted by molar-refractivity contribution is -0.0346. The average molecular weight is 340 g/mol. The van der Waals surface area contributed by atoms with E-state index in [1.807, 2.05) is 56.1 Å². The third kappa shape index (κ3) is 3.13. The molecule has 2 fully saturated rings. The fourth-order valence-electron chi connectivity index (χ4n) is 3.63. The van der Waals surface area contributed by atoms with Crippen LogP contribution >= 0.6 is 0 Å². The van der Waals surface area contributed by atoms with E-state index >= 15 is 0 Å². The molecule has 132 valence electrons. The molecule has 2 saturated heterocycles. The number of benzene rings is 1.